The van der Waals surface area contributed by atoms with E-state index in [4.69, 9.17) is 0 Å². The average molecular weight is 310 g/mol. The number of carbonyl (C=O) groups excluding carboxylic acids is 1. The van der Waals surface area contributed by atoms with Crippen LogP contribution in [0.5, 0.6) is 5.75 Å². The summed E-state index contributed by atoms with van der Waals surface area (Å²) in [5, 5.41) is 10.7. The van der Waals surface area contributed by atoms with Crippen LogP contribution in [0.25, 0.3) is 0 Å². The lowest BCUT2D eigenvalue weighted by atomic mass is 10.2. The molecule has 0 radical (unpaired) electrons. The van der Waals surface area contributed by atoms with Gasteiger partial charge in [0.25, 0.3) is 5.75 Å². The molecule has 0 aromatic carbocycles. The summed E-state index contributed by atoms with van der Waals surface area (Å²) in [6.45, 7) is 1.56. The molecule has 1 aromatic rings. The Balaban J connectivity index is 3.22. The number of esters is 1. The SMILES string of the molecule is CCOC(=O)Cc1cc(=O)c(OC(F)(F)F)c([N+](=O)[O-])[nH]1. The number of alkyl halides is 3. The third-order valence-corrected chi connectivity index (χ3v) is 2.06. The van der Waals surface area contributed by atoms with Gasteiger partial charge >= 0.3 is 18.1 Å². The van der Waals surface area contributed by atoms with Crippen LogP contribution in [0.1, 0.15) is 12.6 Å². The third-order valence-electron chi connectivity index (χ3n) is 2.06. The molecule has 0 bridgehead atoms. The monoisotopic (exact) mass is 310 g/mol. The Morgan fingerprint density at radius 1 is 1.48 bits per heavy atom. The first kappa shape index (κ1) is 16.5. The second kappa shape index (κ2) is 6.24. The molecule has 0 aliphatic heterocycles. The summed E-state index contributed by atoms with van der Waals surface area (Å²) < 4.78 is 44.2. The average Bonchev–Trinajstić information content (AvgIpc) is 2.30. The molecule has 0 saturated heterocycles. The van der Waals surface area contributed by atoms with E-state index >= 15 is 0 Å². The quantitative estimate of drug-likeness (QED) is 0.498. The molecular weight excluding hydrogens is 301 g/mol. The smallest absolute Gasteiger partial charge is 0.466 e. The van der Waals surface area contributed by atoms with Gasteiger partial charge in [0.1, 0.15) is 12.1 Å². The fourth-order valence-corrected chi connectivity index (χ4v) is 1.39. The molecule has 1 aromatic heterocycles. The zero-order valence-corrected chi connectivity index (χ0v) is 10.5. The summed E-state index contributed by atoms with van der Waals surface area (Å²) in [6.07, 6.45) is -5.80. The van der Waals surface area contributed by atoms with Gasteiger partial charge in [0.05, 0.1) is 6.61 Å². The zero-order valence-electron chi connectivity index (χ0n) is 10.5. The number of nitro groups is 1. The Morgan fingerprint density at radius 2 is 2.10 bits per heavy atom. The van der Waals surface area contributed by atoms with E-state index in [-0.39, 0.29) is 12.3 Å². The van der Waals surface area contributed by atoms with Gasteiger partial charge in [-0.25, -0.2) is 4.98 Å². The van der Waals surface area contributed by atoms with E-state index in [0.29, 0.717) is 6.07 Å². The zero-order chi connectivity index (χ0) is 16.2. The normalized spacial score (nSPS) is 11.0. The lowest BCUT2D eigenvalue weighted by molar-refractivity contribution is -0.393. The Hall–Kier alpha value is -2.59. The van der Waals surface area contributed by atoms with E-state index in [1.807, 2.05) is 4.98 Å². The van der Waals surface area contributed by atoms with Gasteiger partial charge in [-0.3, -0.25) is 9.59 Å². The predicted molar refractivity (Wildman–Crippen MR) is 60.7 cm³/mol. The van der Waals surface area contributed by atoms with Gasteiger partial charge in [0.15, 0.2) is 0 Å². The number of halogens is 3. The van der Waals surface area contributed by atoms with Gasteiger partial charge in [-0.15, -0.1) is 13.2 Å². The minimum atomic E-state index is -5.26. The van der Waals surface area contributed by atoms with Crippen molar-refractivity contribution in [1.82, 2.24) is 4.98 Å². The highest BCUT2D eigenvalue weighted by Crippen LogP contribution is 2.27. The number of H-pyrrole nitrogens is 1. The number of carbonyl (C=O) groups is 1. The molecule has 21 heavy (non-hydrogen) atoms. The van der Waals surface area contributed by atoms with Crippen molar-refractivity contribution in [3.63, 3.8) is 0 Å². The summed E-state index contributed by atoms with van der Waals surface area (Å²) in [5.74, 6) is -3.59. The molecule has 0 fully saturated rings. The number of nitrogens with zero attached hydrogens (tertiary/aromatic N) is 1. The van der Waals surface area contributed by atoms with Crippen LogP contribution in [0.4, 0.5) is 19.0 Å². The molecule has 0 saturated carbocycles. The largest absolute Gasteiger partial charge is 0.573 e. The maximum absolute atomic E-state index is 12.1. The molecule has 1 N–H and O–H groups in total. The maximum Gasteiger partial charge on any atom is 0.573 e. The molecule has 8 nitrogen and oxygen atoms in total. The van der Waals surface area contributed by atoms with Crippen LogP contribution >= 0.6 is 0 Å². The van der Waals surface area contributed by atoms with E-state index in [0.717, 1.165) is 0 Å². The predicted octanol–water partition coefficient (Wildman–Crippen LogP) is 1.29. The molecule has 1 rings (SSSR count). The van der Waals surface area contributed by atoms with Gasteiger partial charge < -0.3 is 19.6 Å². The third kappa shape index (κ3) is 4.78. The lowest BCUT2D eigenvalue weighted by Gasteiger charge is -2.09. The summed E-state index contributed by atoms with van der Waals surface area (Å²) in [7, 11) is 0. The van der Waals surface area contributed by atoms with Gasteiger partial charge in [-0.05, 0) is 11.8 Å². The van der Waals surface area contributed by atoms with Crippen LogP contribution < -0.4 is 10.2 Å². The van der Waals surface area contributed by atoms with Gasteiger partial charge in [-0.1, -0.05) is 0 Å². The number of hydrogen-bond donors (Lipinski definition) is 1. The molecule has 0 unspecified atom stereocenters. The summed E-state index contributed by atoms with van der Waals surface area (Å²) in [4.78, 5) is 34.1. The molecule has 0 atom stereocenters. The van der Waals surface area contributed by atoms with Crippen molar-refractivity contribution in [2.75, 3.05) is 6.61 Å². The maximum atomic E-state index is 12.1. The number of hydrogen-bond acceptors (Lipinski definition) is 6. The molecule has 0 aliphatic carbocycles. The highest BCUT2D eigenvalue weighted by molar-refractivity contribution is 5.72. The van der Waals surface area contributed by atoms with Crippen LogP contribution in [0.3, 0.4) is 0 Å². The van der Waals surface area contributed by atoms with Crippen molar-refractivity contribution in [2.45, 2.75) is 19.7 Å². The van der Waals surface area contributed by atoms with Crippen LogP contribution in [0.2, 0.25) is 0 Å². The highest BCUT2D eigenvalue weighted by atomic mass is 19.4. The molecule has 11 heteroatoms. The van der Waals surface area contributed by atoms with E-state index in [2.05, 4.69) is 9.47 Å². The number of ether oxygens (including phenoxy) is 2. The first-order valence-electron chi connectivity index (χ1n) is 5.46. The molecule has 0 aliphatic rings. The van der Waals surface area contributed by atoms with E-state index in [1.54, 1.807) is 0 Å². The van der Waals surface area contributed by atoms with Gasteiger partial charge in [0, 0.05) is 6.07 Å². The lowest BCUT2D eigenvalue weighted by Crippen LogP contribution is -2.24. The number of aromatic nitrogens is 1. The standard InChI is InChI=1S/C10H9F3N2O6/c1-2-20-7(17)4-5-3-6(16)8(21-10(11,12)13)9(14-5)15(18)19/h3H,2,4H2,1H3,(H,14,16). The first-order chi connectivity index (χ1) is 9.64. The minimum Gasteiger partial charge on any atom is -0.466 e. The number of aromatic amines is 1. The minimum absolute atomic E-state index is 0.0421. The van der Waals surface area contributed by atoms with Gasteiger partial charge in [-0.2, -0.15) is 0 Å². The van der Waals surface area contributed by atoms with Crippen molar-refractivity contribution in [3.8, 4) is 5.75 Å². The molecule has 116 valence electrons. The van der Waals surface area contributed by atoms with Crippen molar-refractivity contribution in [1.29, 1.82) is 0 Å². The van der Waals surface area contributed by atoms with Crippen LogP contribution in [0.15, 0.2) is 10.9 Å². The number of rotatable bonds is 5. The Labute approximate surface area is 114 Å². The molecule has 0 spiro atoms. The van der Waals surface area contributed by atoms with E-state index < -0.39 is 40.7 Å². The number of pyridine rings is 1. The van der Waals surface area contributed by atoms with Crippen molar-refractivity contribution >= 4 is 11.8 Å². The molecule has 1 heterocycles. The van der Waals surface area contributed by atoms with Crippen molar-refractivity contribution in [2.24, 2.45) is 0 Å². The van der Waals surface area contributed by atoms with Crippen LogP contribution in [-0.4, -0.2) is 28.8 Å². The Morgan fingerprint density at radius 3 is 2.57 bits per heavy atom. The first-order valence-corrected chi connectivity index (χ1v) is 5.46. The van der Waals surface area contributed by atoms with E-state index in [1.165, 1.54) is 6.92 Å². The van der Waals surface area contributed by atoms with E-state index in [9.17, 15) is 32.9 Å². The second-order valence-corrected chi connectivity index (χ2v) is 3.62. The Bertz CT molecular complexity index is 610. The Kier molecular flexibility index (Phi) is 4.89. The fraction of sp³-hybridized carbons (Fsp3) is 0.400. The van der Waals surface area contributed by atoms with Crippen LogP contribution in [-0.2, 0) is 16.0 Å². The molecule has 0 amide bonds. The fourth-order valence-electron chi connectivity index (χ4n) is 1.39. The topological polar surface area (TPSA) is 112 Å². The van der Waals surface area contributed by atoms with Crippen LogP contribution in [0, 0.1) is 10.1 Å². The number of nitrogens with one attached hydrogen (secondary N) is 1. The summed E-state index contributed by atoms with van der Waals surface area (Å²) in [5.41, 5.74) is -1.64. The second-order valence-electron chi connectivity index (χ2n) is 3.62. The van der Waals surface area contributed by atoms with Crippen molar-refractivity contribution < 1.29 is 32.4 Å². The van der Waals surface area contributed by atoms with Gasteiger partial charge in [0.2, 0.25) is 5.43 Å². The van der Waals surface area contributed by atoms with Crippen molar-refractivity contribution in [3.05, 3.63) is 32.1 Å². The summed E-state index contributed by atoms with van der Waals surface area (Å²) >= 11 is 0. The highest BCUT2D eigenvalue weighted by Gasteiger charge is 2.36. The molecular formula is C10H9F3N2O6. The summed E-state index contributed by atoms with van der Waals surface area (Å²) in [6, 6.07) is 0.602.